The maximum Gasteiger partial charge on any atom is 0.227 e. The molecule has 3 heteroatoms. The fourth-order valence-electron chi connectivity index (χ4n) is 1.93. The normalized spacial score (nSPS) is 20.9. The number of ether oxygens (including phenoxy) is 1. The summed E-state index contributed by atoms with van der Waals surface area (Å²) >= 11 is 0. The van der Waals surface area contributed by atoms with Crippen molar-refractivity contribution in [3.63, 3.8) is 0 Å². The van der Waals surface area contributed by atoms with E-state index in [1.54, 1.807) is 7.11 Å². The monoisotopic (exact) mass is 205 g/mol. The Balaban J connectivity index is 2.17. The van der Waals surface area contributed by atoms with Crippen molar-refractivity contribution in [1.82, 2.24) is 5.32 Å². The molecule has 1 unspecified atom stereocenters. The lowest BCUT2D eigenvalue weighted by atomic mass is 9.91. The molecular formula is C12H15NO2. The van der Waals surface area contributed by atoms with E-state index in [9.17, 15) is 4.79 Å². The van der Waals surface area contributed by atoms with Crippen LogP contribution in [-0.2, 0) is 4.79 Å². The lowest BCUT2D eigenvalue weighted by Gasteiger charge is -2.22. The van der Waals surface area contributed by atoms with E-state index in [2.05, 4.69) is 5.32 Å². The van der Waals surface area contributed by atoms with Gasteiger partial charge in [-0.1, -0.05) is 12.1 Å². The van der Waals surface area contributed by atoms with Crippen LogP contribution in [0.3, 0.4) is 0 Å². The Morgan fingerprint density at radius 3 is 2.67 bits per heavy atom. The van der Waals surface area contributed by atoms with Crippen molar-refractivity contribution in [1.29, 1.82) is 0 Å². The number of hydrogen-bond acceptors (Lipinski definition) is 2. The van der Waals surface area contributed by atoms with Crippen molar-refractivity contribution >= 4 is 5.91 Å². The van der Waals surface area contributed by atoms with Crippen molar-refractivity contribution in [2.45, 2.75) is 18.8 Å². The van der Waals surface area contributed by atoms with Gasteiger partial charge in [0.15, 0.2) is 0 Å². The highest BCUT2D eigenvalue weighted by atomic mass is 16.5. The van der Waals surface area contributed by atoms with Gasteiger partial charge in [-0.15, -0.1) is 0 Å². The Labute approximate surface area is 89.4 Å². The first-order valence-corrected chi connectivity index (χ1v) is 5.23. The third kappa shape index (κ3) is 2.12. The minimum absolute atomic E-state index is 0.0182. The van der Waals surface area contributed by atoms with Crippen LogP contribution in [0.1, 0.15) is 24.3 Å². The van der Waals surface area contributed by atoms with Gasteiger partial charge in [-0.3, -0.25) is 4.79 Å². The molecule has 15 heavy (non-hydrogen) atoms. The maximum absolute atomic E-state index is 11.6. The van der Waals surface area contributed by atoms with Gasteiger partial charge in [0.1, 0.15) is 5.75 Å². The van der Waals surface area contributed by atoms with Crippen LogP contribution in [0.5, 0.6) is 5.75 Å². The number of carbonyl (C=O) groups excluding carboxylic acids is 1. The first kappa shape index (κ1) is 10.0. The highest BCUT2D eigenvalue weighted by molar-refractivity contribution is 5.84. The SMILES string of the molecule is COc1ccc(C2CCCNC2=O)cc1. The summed E-state index contributed by atoms with van der Waals surface area (Å²) in [6.07, 6.45) is 2.00. The Hall–Kier alpha value is -1.51. The van der Waals surface area contributed by atoms with Crippen LogP contribution in [0.2, 0.25) is 0 Å². The van der Waals surface area contributed by atoms with E-state index in [1.807, 2.05) is 24.3 Å². The molecule has 0 aromatic heterocycles. The third-order valence-corrected chi connectivity index (χ3v) is 2.80. The van der Waals surface area contributed by atoms with E-state index in [1.165, 1.54) is 0 Å². The molecule has 80 valence electrons. The summed E-state index contributed by atoms with van der Waals surface area (Å²) in [5, 5.41) is 2.89. The predicted octanol–water partition coefficient (Wildman–Crippen LogP) is 1.69. The van der Waals surface area contributed by atoms with E-state index in [4.69, 9.17) is 4.74 Å². The van der Waals surface area contributed by atoms with Crippen LogP contribution in [0.25, 0.3) is 0 Å². The van der Waals surface area contributed by atoms with Crippen LogP contribution in [0.15, 0.2) is 24.3 Å². The molecular weight excluding hydrogens is 190 g/mol. The molecule has 1 aliphatic heterocycles. The van der Waals surface area contributed by atoms with Gasteiger partial charge in [-0.25, -0.2) is 0 Å². The summed E-state index contributed by atoms with van der Waals surface area (Å²) in [4.78, 5) is 11.6. The molecule has 2 rings (SSSR count). The zero-order valence-electron chi connectivity index (χ0n) is 8.82. The average molecular weight is 205 g/mol. The van der Waals surface area contributed by atoms with Crippen LogP contribution < -0.4 is 10.1 Å². The van der Waals surface area contributed by atoms with Crippen molar-refractivity contribution in [3.05, 3.63) is 29.8 Å². The molecule has 1 aromatic rings. The second-order valence-electron chi connectivity index (χ2n) is 3.76. The zero-order valence-corrected chi connectivity index (χ0v) is 8.82. The second kappa shape index (κ2) is 4.34. The third-order valence-electron chi connectivity index (χ3n) is 2.80. The molecule has 1 aromatic carbocycles. The molecule has 1 aliphatic rings. The lowest BCUT2D eigenvalue weighted by molar-refractivity contribution is -0.123. The summed E-state index contributed by atoms with van der Waals surface area (Å²) in [5.74, 6) is 0.992. The Morgan fingerprint density at radius 2 is 2.07 bits per heavy atom. The zero-order chi connectivity index (χ0) is 10.7. The molecule has 0 bridgehead atoms. The standard InChI is InChI=1S/C12H15NO2/c1-15-10-6-4-9(5-7-10)11-3-2-8-13-12(11)14/h4-7,11H,2-3,8H2,1H3,(H,13,14). The number of amides is 1. The number of methoxy groups -OCH3 is 1. The van der Waals surface area contributed by atoms with E-state index in [-0.39, 0.29) is 11.8 Å². The van der Waals surface area contributed by atoms with Crippen molar-refractivity contribution < 1.29 is 9.53 Å². The number of carbonyl (C=O) groups is 1. The molecule has 0 saturated carbocycles. The summed E-state index contributed by atoms with van der Waals surface area (Å²) in [6.45, 7) is 0.811. The molecule has 1 saturated heterocycles. The highest BCUT2D eigenvalue weighted by Gasteiger charge is 2.23. The minimum Gasteiger partial charge on any atom is -0.497 e. The second-order valence-corrected chi connectivity index (χ2v) is 3.76. The molecule has 1 atom stereocenters. The van der Waals surface area contributed by atoms with Gasteiger partial charge in [0.25, 0.3) is 0 Å². The number of nitrogens with one attached hydrogen (secondary N) is 1. The van der Waals surface area contributed by atoms with Gasteiger partial charge < -0.3 is 10.1 Å². The molecule has 3 nitrogen and oxygen atoms in total. The van der Waals surface area contributed by atoms with Gasteiger partial charge in [0, 0.05) is 6.54 Å². The van der Waals surface area contributed by atoms with Crippen LogP contribution in [0, 0.1) is 0 Å². The molecule has 1 heterocycles. The minimum atomic E-state index is 0.0182. The Kier molecular flexibility index (Phi) is 2.90. The van der Waals surface area contributed by atoms with Crippen LogP contribution in [0.4, 0.5) is 0 Å². The summed E-state index contributed by atoms with van der Waals surface area (Å²) in [5.41, 5.74) is 1.08. The average Bonchev–Trinajstić information content (AvgIpc) is 2.30. The van der Waals surface area contributed by atoms with Gasteiger partial charge in [-0.2, -0.15) is 0 Å². The summed E-state index contributed by atoms with van der Waals surface area (Å²) < 4.78 is 5.08. The van der Waals surface area contributed by atoms with Gasteiger partial charge >= 0.3 is 0 Å². The smallest absolute Gasteiger partial charge is 0.227 e. The van der Waals surface area contributed by atoms with Crippen molar-refractivity contribution in [3.8, 4) is 5.75 Å². The van der Waals surface area contributed by atoms with E-state index < -0.39 is 0 Å². The lowest BCUT2D eigenvalue weighted by Crippen LogP contribution is -2.34. The van der Waals surface area contributed by atoms with Gasteiger partial charge in [-0.05, 0) is 30.5 Å². The largest absolute Gasteiger partial charge is 0.497 e. The van der Waals surface area contributed by atoms with Gasteiger partial charge in [0.2, 0.25) is 5.91 Å². The molecule has 1 fully saturated rings. The molecule has 0 aliphatic carbocycles. The Bertz CT molecular complexity index is 345. The molecule has 0 radical (unpaired) electrons. The predicted molar refractivity (Wildman–Crippen MR) is 58.0 cm³/mol. The number of piperidine rings is 1. The van der Waals surface area contributed by atoms with Crippen LogP contribution in [-0.4, -0.2) is 19.6 Å². The van der Waals surface area contributed by atoms with Crippen LogP contribution >= 0.6 is 0 Å². The first-order valence-electron chi connectivity index (χ1n) is 5.23. The first-order chi connectivity index (χ1) is 7.31. The van der Waals surface area contributed by atoms with E-state index in [0.717, 1.165) is 30.7 Å². The number of hydrogen-bond donors (Lipinski definition) is 1. The van der Waals surface area contributed by atoms with Gasteiger partial charge in [0.05, 0.1) is 13.0 Å². The van der Waals surface area contributed by atoms with E-state index >= 15 is 0 Å². The number of benzene rings is 1. The van der Waals surface area contributed by atoms with E-state index in [0.29, 0.717) is 0 Å². The highest BCUT2D eigenvalue weighted by Crippen LogP contribution is 2.25. The molecule has 1 amide bonds. The molecule has 0 spiro atoms. The van der Waals surface area contributed by atoms with Crippen molar-refractivity contribution in [2.24, 2.45) is 0 Å². The fraction of sp³-hybridized carbons (Fsp3) is 0.417. The Morgan fingerprint density at radius 1 is 1.33 bits per heavy atom. The topological polar surface area (TPSA) is 38.3 Å². The quantitative estimate of drug-likeness (QED) is 0.797. The number of rotatable bonds is 2. The summed E-state index contributed by atoms with van der Waals surface area (Å²) in [6, 6.07) is 7.73. The maximum atomic E-state index is 11.6. The fourth-order valence-corrected chi connectivity index (χ4v) is 1.93. The molecule has 1 N–H and O–H groups in total. The summed E-state index contributed by atoms with van der Waals surface area (Å²) in [7, 11) is 1.64. The van der Waals surface area contributed by atoms with Crippen molar-refractivity contribution in [2.75, 3.05) is 13.7 Å².